The molecule has 1 aliphatic heterocycles. The molecule has 1 heterocycles. The minimum atomic E-state index is 0.0675. The Labute approximate surface area is 108 Å². The number of carbonyl (C=O) groups excluding carboxylic acids is 1. The van der Waals surface area contributed by atoms with Crippen LogP contribution in [-0.2, 0) is 4.79 Å². The van der Waals surface area contributed by atoms with E-state index in [1.165, 1.54) is 0 Å². The molecule has 1 aliphatic rings. The van der Waals surface area contributed by atoms with E-state index >= 15 is 0 Å². The third kappa shape index (κ3) is 2.73. The van der Waals surface area contributed by atoms with Gasteiger partial charge in [-0.1, -0.05) is 31.5 Å². The maximum Gasteiger partial charge on any atom is 0.252 e. The molecule has 3 heteroatoms. The molecule has 0 bridgehead atoms. The fraction of sp³-hybridized carbons (Fsp3) is 0.400. The van der Waals surface area contributed by atoms with Gasteiger partial charge >= 0.3 is 0 Å². The smallest absolute Gasteiger partial charge is 0.252 e. The minimum Gasteiger partial charge on any atom is -0.488 e. The Morgan fingerprint density at radius 2 is 2.17 bits per heavy atom. The maximum atomic E-state index is 12.2. The Kier molecular flexibility index (Phi) is 4.03. The molecule has 0 saturated heterocycles. The highest BCUT2D eigenvalue weighted by molar-refractivity contribution is 5.99. The second-order valence-corrected chi connectivity index (χ2v) is 4.58. The first-order valence-electron chi connectivity index (χ1n) is 6.40. The van der Waals surface area contributed by atoms with Crippen molar-refractivity contribution >= 4 is 12.0 Å². The lowest BCUT2D eigenvalue weighted by Crippen LogP contribution is -2.31. The van der Waals surface area contributed by atoms with Crippen molar-refractivity contribution in [2.75, 3.05) is 20.2 Å². The third-order valence-corrected chi connectivity index (χ3v) is 3.10. The molecule has 1 aromatic rings. The average molecular weight is 245 g/mol. The largest absolute Gasteiger partial charge is 0.488 e. The molecule has 0 aromatic heterocycles. The summed E-state index contributed by atoms with van der Waals surface area (Å²) in [4.78, 5) is 14.0. The molecule has 0 N–H and O–H groups in total. The number of fused-ring (bicyclic) bond motifs is 1. The van der Waals surface area contributed by atoms with Gasteiger partial charge < -0.3 is 9.64 Å². The Hall–Kier alpha value is -1.77. The van der Waals surface area contributed by atoms with Crippen LogP contribution in [-0.4, -0.2) is 31.0 Å². The summed E-state index contributed by atoms with van der Waals surface area (Å²) >= 11 is 0. The molecular weight excluding hydrogens is 226 g/mol. The summed E-state index contributed by atoms with van der Waals surface area (Å²) in [7, 11) is 1.85. The predicted molar refractivity (Wildman–Crippen MR) is 72.5 cm³/mol. The van der Waals surface area contributed by atoms with Crippen LogP contribution in [0.25, 0.3) is 6.08 Å². The second kappa shape index (κ2) is 5.71. The van der Waals surface area contributed by atoms with Crippen molar-refractivity contribution in [3.8, 4) is 5.75 Å². The van der Waals surface area contributed by atoms with E-state index in [-0.39, 0.29) is 5.91 Å². The van der Waals surface area contributed by atoms with E-state index in [1.807, 2.05) is 37.4 Å². The quantitative estimate of drug-likeness (QED) is 0.816. The van der Waals surface area contributed by atoms with Crippen LogP contribution in [0.4, 0.5) is 0 Å². The molecule has 1 amide bonds. The first-order chi connectivity index (χ1) is 8.72. The molecule has 0 aliphatic carbocycles. The van der Waals surface area contributed by atoms with Crippen molar-refractivity contribution in [1.29, 1.82) is 0 Å². The normalized spacial score (nSPS) is 13.3. The van der Waals surface area contributed by atoms with E-state index in [9.17, 15) is 4.79 Å². The fourth-order valence-corrected chi connectivity index (χ4v) is 1.98. The highest BCUT2D eigenvalue weighted by atomic mass is 16.5. The highest BCUT2D eigenvalue weighted by Gasteiger charge is 2.19. The minimum absolute atomic E-state index is 0.0675. The van der Waals surface area contributed by atoms with Crippen LogP contribution in [0.2, 0.25) is 0 Å². The van der Waals surface area contributed by atoms with Gasteiger partial charge in [-0.3, -0.25) is 4.79 Å². The molecule has 0 saturated carbocycles. The van der Waals surface area contributed by atoms with E-state index < -0.39 is 0 Å². The van der Waals surface area contributed by atoms with Gasteiger partial charge in [0.25, 0.3) is 5.91 Å². The first kappa shape index (κ1) is 12.7. The van der Waals surface area contributed by atoms with E-state index in [1.54, 1.807) is 4.90 Å². The summed E-state index contributed by atoms with van der Waals surface area (Å²) in [6.45, 7) is 3.29. The van der Waals surface area contributed by atoms with E-state index in [0.29, 0.717) is 6.61 Å². The highest BCUT2D eigenvalue weighted by Crippen LogP contribution is 2.26. The Balaban J connectivity index is 2.11. The van der Waals surface area contributed by atoms with Gasteiger partial charge in [0.15, 0.2) is 0 Å². The van der Waals surface area contributed by atoms with Crippen LogP contribution in [0.5, 0.6) is 5.75 Å². The summed E-state index contributed by atoms with van der Waals surface area (Å²) in [5, 5.41) is 0. The van der Waals surface area contributed by atoms with Crippen LogP contribution in [0, 0.1) is 0 Å². The number of rotatable bonds is 4. The molecular formula is C15H19NO2. The molecule has 0 spiro atoms. The topological polar surface area (TPSA) is 29.5 Å². The summed E-state index contributed by atoms with van der Waals surface area (Å²) in [5.74, 6) is 0.920. The number of nitrogens with zero attached hydrogens (tertiary/aromatic N) is 1. The van der Waals surface area contributed by atoms with Gasteiger partial charge in [0.05, 0.1) is 5.57 Å². The Morgan fingerprint density at radius 1 is 1.39 bits per heavy atom. The fourth-order valence-electron chi connectivity index (χ4n) is 1.98. The zero-order valence-electron chi connectivity index (χ0n) is 11.0. The maximum absolute atomic E-state index is 12.2. The molecule has 0 radical (unpaired) electrons. The van der Waals surface area contributed by atoms with Gasteiger partial charge in [-0.2, -0.15) is 0 Å². The lowest BCUT2D eigenvalue weighted by atomic mass is 10.1. The van der Waals surface area contributed by atoms with E-state index in [4.69, 9.17) is 4.74 Å². The standard InChI is InChI=1S/C15H19NO2/c1-3-4-9-16(2)15(17)13-10-12-7-5-6-8-14(12)18-11-13/h5-8,10H,3-4,9,11H2,1-2H3. The molecule has 3 nitrogen and oxygen atoms in total. The SMILES string of the molecule is CCCCN(C)C(=O)C1=Cc2ccccc2OC1. The first-order valence-corrected chi connectivity index (χ1v) is 6.40. The predicted octanol–water partition coefficient (Wildman–Crippen LogP) is 2.72. The molecule has 0 unspecified atom stereocenters. The van der Waals surface area contributed by atoms with Gasteiger partial charge in [0.1, 0.15) is 12.4 Å². The number of carbonyl (C=O) groups is 1. The van der Waals surface area contributed by atoms with Crippen LogP contribution < -0.4 is 4.74 Å². The van der Waals surface area contributed by atoms with Crippen molar-refractivity contribution in [2.45, 2.75) is 19.8 Å². The third-order valence-electron chi connectivity index (χ3n) is 3.10. The van der Waals surface area contributed by atoms with Crippen LogP contribution in [0.15, 0.2) is 29.8 Å². The van der Waals surface area contributed by atoms with Crippen molar-refractivity contribution in [1.82, 2.24) is 4.90 Å². The zero-order chi connectivity index (χ0) is 13.0. The molecule has 0 fully saturated rings. The van der Waals surface area contributed by atoms with Crippen molar-refractivity contribution in [2.24, 2.45) is 0 Å². The van der Waals surface area contributed by atoms with Crippen molar-refractivity contribution in [3.63, 3.8) is 0 Å². The number of hydrogen-bond donors (Lipinski definition) is 0. The summed E-state index contributed by atoms with van der Waals surface area (Å²) in [6.07, 6.45) is 4.06. The zero-order valence-corrected chi connectivity index (χ0v) is 11.0. The number of hydrogen-bond acceptors (Lipinski definition) is 2. The molecule has 96 valence electrons. The lowest BCUT2D eigenvalue weighted by molar-refractivity contribution is -0.126. The second-order valence-electron chi connectivity index (χ2n) is 4.58. The van der Waals surface area contributed by atoms with Crippen LogP contribution in [0.1, 0.15) is 25.3 Å². The van der Waals surface area contributed by atoms with Crippen LogP contribution >= 0.6 is 0 Å². The number of para-hydroxylation sites is 1. The lowest BCUT2D eigenvalue weighted by Gasteiger charge is -2.22. The molecule has 1 aromatic carbocycles. The van der Waals surface area contributed by atoms with E-state index in [0.717, 1.165) is 36.3 Å². The molecule has 2 rings (SSSR count). The van der Waals surface area contributed by atoms with Crippen molar-refractivity contribution in [3.05, 3.63) is 35.4 Å². The van der Waals surface area contributed by atoms with Crippen LogP contribution in [0.3, 0.4) is 0 Å². The number of benzene rings is 1. The number of amides is 1. The number of unbranched alkanes of at least 4 members (excludes halogenated alkanes) is 1. The molecule has 18 heavy (non-hydrogen) atoms. The monoisotopic (exact) mass is 245 g/mol. The number of ether oxygens (including phenoxy) is 1. The Morgan fingerprint density at radius 3 is 2.94 bits per heavy atom. The summed E-state index contributed by atoms with van der Waals surface area (Å²) < 4.78 is 5.60. The summed E-state index contributed by atoms with van der Waals surface area (Å²) in [5.41, 5.74) is 1.71. The van der Waals surface area contributed by atoms with Gasteiger partial charge in [0, 0.05) is 19.2 Å². The summed E-state index contributed by atoms with van der Waals surface area (Å²) in [6, 6.07) is 7.78. The van der Waals surface area contributed by atoms with Gasteiger partial charge in [-0.15, -0.1) is 0 Å². The Bertz CT molecular complexity index is 465. The van der Waals surface area contributed by atoms with Gasteiger partial charge in [-0.25, -0.2) is 0 Å². The van der Waals surface area contributed by atoms with Crippen molar-refractivity contribution < 1.29 is 9.53 Å². The molecule has 0 atom stereocenters. The van der Waals surface area contributed by atoms with Gasteiger partial charge in [0.2, 0.25) is 0 Å². The van der Waals surface area contributed by atoms with E-state index in [2.05, 4.69) is 6.92 Å². The van der Waals surface area contributed by atoms with Gasteiger partial charge in [-0.05, 0) is 18.6 Å². The number of likely N-dealkylation sites (N-methyl/N-ethyl adjacent to an activating group) is 1. The average Bonchev–Trinajstić information content (AvgIpc) is 2.43.